The second-order valence-corrected chi connectivity index (χ2v) is 7.48. The molecule has 0 aromatic heterocycles. The Labute approximate surface area is 181 Å². The molecule has 150 valence electrons. The third kappa shape index (κ3) is 3.59. The Balaban J connectivity index is 1.80. The van der Waals surface area contributed by atoms with Gasteiger partial charge in [-0.05, 0) is 54.3 Å². The van der Waals surface area contributed by atoms with Gasteiger partial charge in [0.2, 0.25) is 0 Å². The van der Waals surface area contributed by atoms with Crippen LogP contribution in [0.5, 0.6) is 5.75 Å². The van der Waals surface area contributed by atoms with E-state index in [0.29, 0.717) is 17.9 Å². The van der Waals surface area contributed by atoms with E-state index in [9.17, 15) is 14.4 Å². The van der Waals surface area contributed by atoms with Gasteiger partial charge in [0.15, 0.2) is 0 Å². The predicted octanol–water partition coefficient (Wildman–Crippen LogP) is 4.67. The highest BCUT2D eigenvalue weighted by Gasteiger charge is 2.36. The van der Waals surface area contributed by atoms with Crippen molar-refractivity contribution < 1.29 is 19.1 Å². The quantitative estimate of drug-likeness (QED) is 0.449. The van der Waals surface area contributed by atoms with E-state index in [-0.39, 0.29) is 5.57 Å². The van der Waals surface area contributed by atoms with Crippen molar-refractivity contribution in [2.75, 3.05) is 11.5 Å². The lowest BCUT2D eigenvalue weighted by Gasteiger charge is -2.26. The highest BCUT2D eigenvalue weighted by atomic mass is 79.9. The number of urea groups is 1. The molecular weight excluding hydrogens is 448 g/mol. The zero-order valence-electron chi connectivity index (χ0n) is 16.0. The molecule has 7 heteroatoms. The largest absolute Gasteiger partial charge is 0.493 e. The molecule has 1 fully saturated rings. The normalized spacial score (nSPS) is 15.6. The molecule has 1 heterocycles. The van der Waals surface area contributed by atoms with Crippen molar-refractivity contribution >= 4 is 56.3 Å². The van der Waals surface area contributed by atoms with Gasteiger partial charge in [0.25, 0.3) is 11.8 Å². The van der Waals surface area contributed by atoms with E-state index in [1.165, 1.54) is 6.08 Å². The molecule has 6 nitrogen and oxygen atoms in total. The molecule has 30 heavy (non-hydrogen) atoms. The lowest BCUT2D eigenvalue weighted by molar-refractivity contribution is -0.122. The number of imide groups is 2. The molecule has 3 aromatic carbocycles. The van der Waals surface area contributed by atoms with Gasteiger partial charge in [-0.2, -0.15) is 0 Å². The average Bonchev–Trinajstić information content (AvgIpc) is 2.74. The molecule has 1 aliphatic rings. The Hall–Kier alpha value is -3.45. The first-order valence-electron chi connectivity index (χ1n) is 9.31. The lowest BCUT2D eigenvalue weighted by Crippen LogP contribution is -2.54. The molecule has 1 aliphatic heterocycles. The van der Waals surface area contributed by atoms with Gasteiger partial charge in [-0.3, -0.25) is 14.9 Å². The van der Waals surface area contributed by atoms with E-state index >= 15 is 0 Å². The molecule has 1 N–H and O–H groups in total. The molecule has 1 saturated heterocycles. The van der Waals surface area contributed by atoms with Crippen LogP contribution in [0.4, 0.5) is 10.5 Å². The number of amides is 4. The molecule has 0 unspecified atom stereocenters. The molecule has 0 atom stereocenters. The van der Waals surface area contributed by atoms with E-state index in [0.717, 1.165) is 25.9 Å². The monoisotopic (exact) mass is 464 g/mol. The number of nitrogens with zero attached hydrogens (tertiary/aromatic N) is 1. The third-order valence-electron chi connectivity index (χ3n) is 4.70. The molecule has 0 aliphatic carbocycles. The van der Waals surface area contributed by atoms with Crippen LogP contribution in [-0.2, 0) is 9.59 Å². The fourth-order valence-electron chi connectivity index (χ4n) is 3.34. The van der Waals surface area contributed by atoms with E-state index in [1.807, 2.05) is 31.2 Å². The standard InChI is InChI=1S/C23H17BrN2O4/c1-2-30-20-12-7-14(17-5-3-4-6-18(17)20)13-19-21(27)25-23(29)26(22(19)28)16-10-8-15(24)9-11-16/h3-13H,2H2,1H3,(H,25,27,29)/b19-13-. The molecule has 0 spiro atoms. The van der Waals surface area contributed by atoms with Crippen LogP contribution in [0.25, 0.3) is 16.8 Å². The summed E-state index contributed by atoms with van der Waals surface area (Å²) in [4.78, 5) is 38.9. The first-order chi connectivity index (χ1) is 14.5. The fourth-order valence-corrected chi connectivity index (χ4v) is 3.60. The van der Waals surface area contributed by atoms with Crippen molar-refractivity contribution in [3.05, 3.63) is 76.3 Å². The summed E-state index contributed by atoms with van der Waals surface area (Å²) in [5, 5.41) is 3.96. The summed E-state index contributed by atoms with van der Waals surface area (Å²) in [5.41, 5.74) is 0.931. The van der Waals surface area contributed by atoms with E-state index in [1.54, 1.807) is 36.4 Å². The van der Waals surface area contributed by atoms with Crippen molar-refractivity contribution in [2.45, 2.75) is 6.92 Å². The van der Waals surface area contributed by atoms with Crippen molar-refractivity contribution in [3.8, 4) is 5.75 Å². The Morgan fingerprint density at radius 1 is 0.967 bits per heavy atom. The Morgan fingerprint density at radius 2 is 1.67 bits per heavy atom. The van der Waals surface area contributed by atoms with Gasteiger partial charge in [0, 0.05) is 9.86 Å². The smallest absolute Gasteiger partial charge is 0.335 e. The Kier molecular flexibility index (Phi) is 5.37. The van der Waals surface area contributed by atoms with Gasteiger partial charge in [-0.15, -0.1) is 0 Å². The zero-order chi connectivity index (χ0) is 21.3. The highest BCUT2D eigenvalue weighted by Crippen LogP contribution is 2.31. The number of halogens is 1. The first-order valence-corrected chi connectivity index (χ1v) is 10.1. The second kappa shape index (κ2) is 8.12. The maximum atomic E-state index is 13.1. The van der Waals surface area contributed by atoms with Crippen molar-refractivity contribution in [1.29, 1.82) is 0 Å². The van der Waals surface area contributed by atoms with Crippen molar-refractivity contribution in [3.63, 3.8) is 0 Å². The molecule has 3 aromatic rings. The van der Waals surface area contributed by atoms with Crippen LogP contribution < -0.4 is 15.0 Å². The summed E-state index contributed by atoms with van der Waals surface area (Å²) in [6.07, 6.45) is 1.51. The van der Waals surface area contributed by atoms with Crippen LogP contribution >= 0.6 is 15.9 Å². The molecule has 0 radical (unpaired) electrons. The van der Waals surface area contributed by atoms with Crippen molar-refractivity contribution in [2.24, 2.45) is 0 Å². The molecule has 4 rings (SSSR count). The summed E-state index contributed by atoms with van der Waals surface area (Å²) in [5.74, 6) is -0.679. The topological polar surface area (TPSA) is 75.7 Å². The third-order valence-corrected chi connectivity index (χ3v) is 5.23. The number of nitrogens with one attached hydrogen (secondary N) is 1. The van der Waals surface area contributed by atoms with Crippen LogP contribution in [0.3, 0.4) is 0 Å². The minimum atomic E-state index is -0.777. The molecule has 0 bridgehead atoms. The maximum absolute atomic E-state index is 13.1. The Morgan fingerprint density at radius 3 is 2.37 bits per heavy atom. The minimum Gasteiger partial charge on any atom is -0.493 e. The lowest BCUT2D eigenvalue weighted by atomic mass is 10.00. The maximum Gasteiger partial charge on any atom is 0.335 e. The number of barbiturate groups is 1. The van der Waals surface area contributed by atoms with Crippen LogP contribution in [0.1, 0.15) is 12.5 Å². The number of anilines is 1. The van der Waals surface area contributed by atoms with Gasteiger partial charge in [0.1, 0.15) is 11.3 Å². The number of carbonyl (C=O) groups excluding carboxylic acids is 3. The van der Waals surface area contributed by atoms with Crippen LogP contribution in [0.2, 0.25) is 0 Å². The number of carbonyl (C=O) groups is 3. The first kappa shape index (κ1) is 19.8. The highest BCUT2D eigenvalue weighted by molar-refractivity contribution is 9.10. The number of fused-ring (bicyclic) bond motifs is 1. The van der Waals surface area contributed by atoms with Gasteiger partial charge >= 0.3 is 6.03 Å². The van der Waals surface area contributed by atoms with Gasteiger partial charge in [-0.25, -0.2) is 9.69 Å². The number of hydrogen-bond donors (Lipinski definition) is 1. The Bertz CT molecular complexity index is 1200. The predicted molar refractivity (Wildman–Crippen MR) is 118 cm³/mol. The SMILES string of the molecule is CCOc1ccc(/C=C2/C(=O)NC(=O)N(c3ccc(Br)cc3)C2=O)c2ccccc12. The zero-order valence-corrected chi connectivity index (χ0v) is 17.6. The molecular formula is C23H17BrN2O4. The number of ether oxygens (including phenoxy) is 1. The van der Waals surface area contributed by atoms with E-state index < -0.39 is 17.8 Å². The molecule has 4 amide bonds. The summed E-state index contributed by atoms with van der Waals surface area (Å²) >= 11 is 3.33. The van der Waals surface area contributed by atoms with Gasteiger partial charge in [0.05, 0.1) is 12.3 Å². The summed E-state index contributed by atoms with van der Waals surface area (Å²) < 4.78 is 6.49. The number of benzene rings is 3. The van der Waals surface area contributed by atoms with Crippen LogP contribution in [0.15, 0.2) is 70.7 Å². The second-order valence-electron chi connectivity index (χ2n) is 6.57. The fraction of sp³-hybridized carbons (Fsp3) is 0.0870. The minimum absolute atomic E-state index is 0.119. The van der Waals surface area contributed by atoms with Gasteiger partial charge in [-0.1, -0.05) is 46.3 Å². The van der Waals surface area contributed by atoms with Crippen LogP contribution in [0, 0.1) is 0 Å². The summed E-state index contributed by atoms with van der Waals surface area (Å²) in [6, 6.07) is 17.1. The molecule has 0 saturated carbocycles. The van der Waals surface area contributed by atoms with E-state index in [2.05, 4.69) is 21.2 Å². The average molecular weight is 465 g/mol. The van der Waals surface area contributed by atoms with Crippen LogP contribution in [-0.4, -0.2) is 24.5 Å². The number of hydrogen-bond acceptors (Lipinski definition) is 4. The summed E-state index contributed by atoms with van der Waals surface area (Å²) in [6.45, 7) is 2.43. The van der Waals surface area contributed by atoms with Gasteiger partial charge < -0.3 is 4.74 Å². The summed E-state index contributed by atoms with van der Waals surface area (Å²) in [7, 11) is 0. The van der Waals surface area contributed by atoms with E-state index in [4.69, 9.17) is 4.74 Å². The number of rotatable bonds is 4. The van der Waals surface area contributed by atoms with Crippen molar-refractivity contribution in [1.82, 2.24) is 5.32 Å².